The van der Waals surface area contributed by atoms with E-state index in [4.69, 9.17) is 13.7 Å². The molecule has 0 bridgehead atoms. The molecule has 0 aliphatic carbocycles. The predicted octanol–water partition coefficient (Wildman–Crippen LogP) is 1.25. The highest BCUT2D eigenvalue weighted by molar-refractivity contribution is 5.92. The van der Waals surface area contributed by atoms with Crippen molar-refractivity contribution in [1.29, 1.82) is 0 Å². The van der Waals surface area contributed by atoms with Gasteiger partial charge in [0.25, 0.3) is 5.91 Å². The van der Waals surface area contributed by atoms with Crippen molar-refractivity contribution in [2.24, 2.45) is 0 Å². The van der Waals surface area contributed by atoms with Gasteiger partial charge in [0.05, 0.1) is 11.5 Å². The lowest BCUT2D eigenvalue weighted by Crippen LogP contribution is -2.54. The van der Waals surface area contributed by atoms with Gasteiger partial charge in [-0.2, -0.15) is 0 Å². The summed E-state index contributed by atoms with van der Waals surface area (Å²) in [6, 6.07) is 1.66. The van der Waals surface area contributed by atoms with Crippen LogP contribution in [0.2, 0.25) is 0 Å². The van der Waals surface area contributed by atoms with E-state index in [1.807, 2.05) is 0 Å². The summed E-state index contributed by atoms with van der Waals surface area (Å²) in [6.45, 7) is 5.27. The highest BCUT2D eigenvalue weighted by Gasteiger charge is 2.53. The lowest BCUT2D eigenvalue weighted by molar-refractivity contribution is 0.00931. The number of piperidine rings is 1. The summed E-state index contributed by atoms with van der Waals surface area (Å²) in [5.74, 6) is 1.57. The van der Waals surface area contributed by atoms with Gasteiger partial charge in [-0.15, -0.1) is 10.2 Å². The Bertz CT molecular complexity index is 739. The predicted molar refractivity (Wildman–Crippen MR) is 76.8 cm³/mol. The number of carbonyl (C=O) groups is 1. The summed E-state index contributed by atoms with van der Waals surface area (Å²) < 4.78 is 16.6. The molecule has 23 heavy (non-hydrogen) atoms. The normalized spacial score (nSPS) is 27.2. The topological polar surface area (TPSA) is 94.5 Å². The van der Waals surface area contributed by atoms with Gasteiger partial charge in [-0.25, -0.2) is 0 Å². The highest BCUT2D eigenvalue weighted by atomic mass is 16.5. The Balaban J connectivity index is 1.64. The summed E-state index contributed by atoms with van der Waals surface area (Å²) in [4.78, 5) is 14.5. The van der Waals surface area contributed by atoms with Crippen LogP contribution in [0.5, 0.6) is 0 Å². The molecule has 1 amide bonds. The van der Waals surface area contributed by atoms with Crippen LogP contribution in [-0.4, -0.2) is 52.0 Å². The molecule has 0 N–H and O–H groups in total. The quantitative estimate of drug-likeness (QED) is 0.822. The van der Waals surface area contributed by atoms with Gasteiger partial charge in [0.2, 0.25) is 11.8 Å². The van der Waals surface area contributed by atoms with Crippen molar-refractivity contribution >= 4 is 5.91 Å². The monoisotopic (exact) mass is 318 g/mol. The molecule has 2 aromatic heterocycles. The summed E-state index contributed by atoms with van der Waals surface area (Å²) in [5.41, 5.74) is -0.0924. The third kappa shape index (κ3) is 2.24. The molecule has 122 valence electrons. The number of hydrogen-bond donors (Lipinski definition) is 0. The lowest BCUT2D eigenvalue weighted by Gasteiger charge is -2.41. The van der Waals surface area contributed by atoms with E-state index in [0.29, 0.717) is 42.9 Å². The first-order valence-corrected chi connectivity index (χ1v) is 7.73. The molecular formula is C15H18N4O4. The minimum atomic E-state index is -0.423. The SMILES string of the molecule is Cc1cc(C(=O)N2CC[C@@H]3OCC[C@]3(c3nnc(C)o3)C2)no1. The molecule has 4 heterocycles. The number of carbonyl (C=O) groups excluding carboxylic acids is 1. The minimum absolute atomic E-state index is 0.00504. The molecule has 0 unspecified atom stereocenters. The van der Waals surface area contributed by atoms with Crippen molar-refractivity contribution in [3.8, 4) is 0 Å². The second kappa shape index (κ2) is 5.16. The van der Waals surface area contributed by atoms with Crippen molar-refractivity contribution < 1.29 is 18.5 Å². The van der Waals surface area contributed by atoms with Crippen LogP contribution in [0.3, 0.4) is 0 Å². The molecule has 4 rings (SSSR count). The van der Waals surface area contributed by atoms with E-state index in [1.54, 1.807) is 24.8 Å². The fourth-order valence-corrected chi connectivity index (χ4v) is 3.55. The lowest BCUT2D eigenvalue weighted by atomic mass is 9.76. The van der Waals surface area contributed by atoms with E-state index in [0.717, 1.165) is 12.8 Å². The minimum Gasteiger partial charge on any atom is -0.425 e. The molecule has 0 radical (unpaired) electrons. The second-order valence-corrected chi connectivity index (χ2v) is 6.23. The van der Waals surface area contributed by atoms with Gasteiger partial charge < -0.3 is 18.6 Å². The number of aromatic nitrogens is 3. The zero-order valence-electron chi connectivity index (χ0n) is 13.1. The van der Waals surface area contributed by atoms with Crippen molar-refractivity contribution in [2.75, 3.05) is 19.7 Å². The second-order valence-electron chi connectivity index (χ2n) is 6.23. The van der Waals surface area contributed by atoms with E-state index in [2.05, 4.69) is 15.4 Å². The molecule has 2 saturated heterocycles. The van der Waals surface area contributed by atoms with Gasteiger partial charge in [0.15, 0.2) is 5.69 Å². The molecule has 8 heteroatoms. The number of rotatable bonds is 2. The number of ether oxygens (including phenoxy) is 1. The third-order valence-electron chi connectivity index (χ3n) is 4.70. The first-order valence-electron chi connectivity index (χ1n) is 7.73. The molecule has 2 atom stereocenters. The Kier molecular flexibility index (Phi) is 3.22. The first-order chi connectivity index (χ1) is 11.1. The Morgan fingerprint density at radius 1 is 1.39 bits per heavy atom. The molecule has 2 aliphatic rings. The molecule has 2 aliphatic heterocycles. The molecule has 2 aromatic rings. The third-order valence-corrected chi connectivity index (χ3v) is 4.70. The van der Waals surface area contributed by atoms with E-state index in [1.165, 1.54) is 0 Å². The van der Waals surface area contributed by atoms with Crippen LogP contribution < -0.4 is 0 Å². The smallest absolute Gasteiger partial charge is 0.276 e. The molecule has 0 saturated carbocycles. The van der Waals surface area contributed by atoms with Crippen LogP contribution in [0.1, 0.15) is 40.9 Å². The number of amides is 1. The number of fused-ring (bicyclic) bond motifs is 1. The fraction of sp³-hybridized carbons (Fsp3) is 0.600. The Morgan fingerprint density at radius 3 is 2.96 bits per heavy atom. The van der Waals surface area contributed by atoms with Gasteiger partial charge in [0, 0.05) is 32.7 Å². The van der Waals surface area contributed by atoms with Gasteiger partial charge >= 0.3 is 0 Å². The summed E-state index contributed by atoms with van der Waals surface area (Å²) in [5, 5.41) is 12.0. The van der Waals surface area contributed by atoms with Gasteiger partial charge in [-0.1, -0.05) is 5.16 Å². The van der Waals surface area contributed by atoms with E-state index in [-0.39, 0.29) is 12.0 Å². The molecule has 8 nitrogen and oxygen atoms in total. The first kappa shape index (κ1) is 14.4. The maximum atomic E-state index is 12.7. The standard InChI is InChI=1S/C15H18N4O4/c1-9-7-11(18-23-9)13(20)19-5-3-12-15(8-19,4-6-21-12)14-17-16-10(2)22-14/h7,12H,3-6,8H2,1-2H3/t12-,15-/m0/s1. The summed E-state index contributed by atoms with van der Waals surface area (Å²) in [7, 11) is 0. The zero-order valence-corrected chi connectivity index (χ0v) is 13.1. The Hall–Kier alpha value is -2.22. The van der Waals surface area contributed by atoms with Crippen LogP contribution in [0.15, 0.2) is 15.0 Å². The Morgan fingerprint density at radius 2 is 2.26 bits per heavy atom. The summed E-state index contributed by atoms with van der Waals surface area (Å²) in [6.07, 6.45) is 1.51. The molecule has 0 aromatic carbocycles. The number of nitrogens with zero attached hydrogens (tertiary/aromatic N) is 4. The molecule has 0 spiro atoms. The maximum absolute atomic E-state index is 12.7. The van der Waals surface area contributed by atoms with Gasteiger partial charge in [-0.3, -0.25) is 4.79 Å². The molecule has 2 fully saturated rings. The average Bonchev–Trinajstić information content (AvgIpc) is 3.25. The Labute approximate surface area is 132 Å². The molecular weight excluding hydrogens is 300 g/mol. The van der Waals surface area contributed by atoms with Crippen molar-refractivity contribution in [3.05, 3.63) is 29.3 Å². The largest absolute Gasteiger partial charge is 0.425 e. The van der Waals surface area contributed by atoms with Crippen LogP contribution >= 0.6 is 0 Å². The van der Waals surface area contributed by atoms with E-state index >= 15 is 0 Å². The maximum Gasteiger partial charge on any atom is 0.276 e. The fourth-order valence-electron chi connectivity index (χ4n) is 3.55. The van der Waals surface area contributed by atoms with Crippen LogP contribution in [0.25, 0.3) is 0 Å². The highest BCUT2D eigenvalue weighted by Crippen LogP contribution is 2.43. The van der Waals surface area contributed by atoms with E-state index in [9.17, 15) is 4.79 Å². The van der Waals surface area contributed by atoms with Gasteiger partial charge in [-0.05, 0) is 19.8 Å². The number of likely N-dealkylation sites (tertiary alicyclic amines) is 1. The van der Waals surface area contributed by atoms with Crippen LogP contribution in [-0.2, 0) is 10.2 Å². The van der Waals surface area contributed by atoms with Crippen molar-refractivity contribution in [3.63, 3.8) is 0 Å². The van der Waals surface area contributed by atoms with Crippen LogP contribution in [0.4, 0.5) is 0 Å². The van der Waals surface area contributed by atoms with Gasteiger partial charge in [0.1, 0.15) is 5.76 Å². The van der Waals surface area contributed by atoms with Crippen molar-refractivity contribution in [1.82, 2.24) is 20.3 Å². The van der Waals surface area contributed by atoms with E-state index < -0.39 is 5.41 Å². The number of aryl methyl sites for hydroxylation is 2. The summed E-state index contributed by atoms with van der Waals surface area (Å²) >= 11 is 0. The van der Waals surface area contributed by atoms with Crippen LogP contribution in [0, 0.1) is 13.8 Å². The van der Waals surface area contributed by atoms with Crippen molar-refractivity contribution in [2.45, 2.75) is 38.2 Å². The average molecular weight is 318 g/mol. The number of hydrogen-bond acceptors (Lipinski definition) is 7. The zero-order chi connectivity index (χ0) is 16.0.